The Morgan fingerprint density at radius 1 is 1.39 bits per heavy atom. The Morgan fingerprint density at radius 3 is 2.89 bits per heavy atom. The maximum atomic E-state index is 15.3. The average molecular weight is 546 g/mol. The minimum absolute atomic E-state index is 0.00421. The van der Waals surface area contributed by atoms with Crippen molar-refractivity contribution in [2.45, 2.75) is 31.3 Å². The predicted molar refractivity (Wildman–Crippen MR) is 135 cm³/mol. The molecule has 2 atom stereocenters. The van der Waals surface area contributed by atoms with E-state index in [0.717, 1.165) is 12.3 Å². The van der Waals surface area contributed by atoms with Gasteiger partial charge in [0, 0.05) is 29.5 Å². The van der Waals surface area contributed by atoms with Gasteiger partial charge in [-0.1, -0.05) is 16.8 Å². The summed E-state index contributed by atoms with van der Waals surface area (Å²) in [6, 6.07) is 1.50. The lowest BCUT2D eigenvalue weighted by Crippen LogP contribution is -2.45. The molecule has 1 aromatic rings. The molecule has 1 saturated heterocycles. The molecule has 14 heteroatoms. The quantitative estimate of drug-likeness (QED) is 0.190. The zero-order valence-electron chi connectivity index (χ0n) is 22.4. The number of fused-ring (bicyclic) bond motifs is 1. The number of nitrogens with one attached hydrogen (secondary N) is 2. The minimum atomic E-state index is -3.18. The van der Waals surface area contributed by atoms with Crippen LogP contribution in [0.5, 0.6) is 0 Å². The van der Waals surface area contributed by atoms with Crippen molar-refractivity contribution in [2.75, 3.05) is 11.6 Å². The van der Waals surface area contributed by atoms with E-state index < -0.39 is 48.2 Å². The highest BCUT2D eigenvalue weighted by atomic mass is 35.5. The number of aliphatic imine (C=N–C) groups is 2. The van der Waals surface area contributed by atoms with Crippen LogP contribution in [0.2, 0.25) is 5.02 Å². The van der Waals surface area contributed by atoms with E-state index in [1.807, 2.05) is 0 Å². The van der Waals surface area contributed by atoms with Gasteiger partial charge in [-0.25, -0.2) is 28.8 Å². The molecule has 0 saturated carbocycles. The summed E-state index contributed by atoms with van der Waals surface area (Å²) in [5.41, 5.74) is 6.10. The van der Waals surface area contributed by atoms with E-state index in [1.165, 1.54) is 29.3 Å². The van der Waals surface area contributed by atoms with Crippen LogP contribution in [0.25, 0.3) is 5.57 Å². The molecule has 0 aromatic heterocycles. The lowest BCUT2D eigenvalue weighted by atomic mass is 9.92. The normalized spacial score (nSPS) is 26.1. The third-order valence-corrected chi connectivity index (χ3v) is 6.92. The third kappa shape index (κ3) is 4.14. The van der Waals surface area contributed by atoms with Gasteiger partial charge in [0.15, 0.2) is 17.5 Å². The molecule has 4 aliphatic rings. The third-order valence-electron chi connectivity index (χ3n) is 6.63. The van der Waals surface area contributed by atoms with E-state index in [1.54, 1.807) is 0 Å². The van der Waals surface area contributed by atoms with Gasteiger partial charge in [-0.15, -0.1) is 0 Å². The van der Waals surface area contributed by atoms with Crippen LogP contribution < -0.4 is 5.01 Å². The number of amidine groups is 2. The molecular weight excluding hydrogens is 522 g/mol. The van der Waals surface area contributed by atoms with Gasteiger partial charge in [-0.3, -0.25) is 15.4 Å². The number of allylic oxidation sites excluding steroid dienone is 4. The van der Waals surface area contributed by atoms with E-state index in [9.17, 15) is 15.1 Å². The number of hydroxylamine groups is 2. The first-order valence-corrected chi connectivity index (χ1v) is 11.6. The zero-order chi connectivity index (χ0) is 29.8. The molecule has 1 amide bonds. The summed E-state index contributed by atoms with van der Waals surface area (Å²) in [5, 5.41) is 30.6. The van der Waals surface area contributed by atoms with Gasteiger partial charge < -0.3 is 10.0 Å². The van der Waals surface area contributed by atoms with Gasteiger partial charge in [0.2, 0.25) is 5.91 Å². The van der Waals surface area contributed by atoms with Crippen molar-refractivity contribution in [3.8, 4) is 0 Å². The van der Waals surface area contributed by atoms with Gasteiger partial charge in [0.1, 0.15) is 13.4 Å². The van der Waals surface area contributed by atoms with Crippen molar-refractivity contribution in [1.29, 1.82) is 10.9 Å². The fourth-order valence-corrected chi connectivity index (χ4v) is 5.12. The largest absolute Gasteiger partial charge is 0.390 e. The second-order valence-corrected chi connectivity index (χ2v) is 9.01. The van der Waals surface area contributed by atoms with Crippen LogP contribution in [0.3, 0.4) is 0 Å². The van der Waals surface area contributed by atoms with Gasteiger partial charge in [-0.05, 0) is 43.0 Å². The molecule has 1 fully saturated rings. The molecule has 1 aromatic carbocycles. The number of anilines is 1. The van der Waals surface area contributed by atoms with Crippen LogP contribution in [0.1, 0.15) is 28.9 Å². The van der Waals surface area contributed by atoms with Crippen molar-refractivity contribution in [2.24, 2.45) is 15.2 Å². The van der Waals surface area contributed by atoms with E-state index in [-0.39, 0.29) is 50.4 Å². The van der Waals surface area contributed by atoms with Crippen LogP contribution in [0.4, 0.5) is 14.5 Å². The molecule has 0 unspecified atom stereocenters. The Hall–Kier alpha value is -4.07. The van der Waals surface area contributed by atoms with Crippen molar-refractivity contribution in [3.05, 3.63) is 69.7 Å². The highest BCUT2D eigenvalue weighted by Gasteiger charge is 2.43. The summed E-state index contributed by atoms with van der Waals surface area (Å²) < 4.78 is 52.7. The number of halogens is 3. The van der Waals surface area contributed by atoms with E-state index in [2.05, 4.69) is 15.2 Å². The van der Waals surface area contributed by atoms with E-state index >= 15 is 8.78 Å². The van der Waals surface area contributed by atoms with Crippen LogP contribution in [-0.4, -0.2) is 63.2 Å². The smallest absolute Gasteiger partial charge is 0.247 e. The topological polar surface area (TPSA) is 152 Å². The van der Waals surface area contributed by atoms with Crippen molar-refractivity contribution in [3.63, 3.8) is 0 Å². The number of hydrogen-bond donors (Lipinski definition) is 4. The second kappa shape index (κ2) is 10.0. The van der Waals surface area contributed by atoms with Crippen molar-refractivity contribution < 1.29 is 28.0 Å². The van der Waals surface area contributed by atoms with Gasteiger partial charge in [0.25, 0.3) is 0 Å². The lowest BCUT2D eigenvalue weighted by Gasteiger charge is -2.33. The van der Waals surface area contributed by atoms with Crippen LogP contribution in [0, 0.1) is 16.8 Å². The molecule has 0 spiro atoms. The maximum Gasteiger partial charge on any atom is 0.247 e. The highest BCUT2D eigenvalue weighted by Crippen LogP contribution is 2.42. The Bertz CT molecular complexity index is 1570. The first kappa shape index (κ1) is 22.0. The summed E-state index contributed by atoms with van der Waals surface area (Å²) in [6.45, 7) is -3.18. The number of carbonyl (C=O) groups is 1. The molecule has 4 aliphatic heterocycles. The fraction of sp³-hybridized carbons (Fsp3) is 0.250. The number of benzene rings is 1. The standard InChI is InChI=1S/C24H21ClF2N8O3/c25-15-2-4-17(33(11-28)32-29)21(23(15)27)12-7-13-1-3-18(35(13)20(37)8-12)24-30-9-16(31-24)14-5-6-34(38)19(10-36)22(14)26/h2,4-6,8-9,11,13,18,28-29,36,38H,1,3,7,10H2/b16-14-,28-11?,32-29?/t13-,18+/m1/s1/i10D2,11D. The summed E-state index contributed by atoms with van der Waals surface area (Å²) >= 11 is 6.00. The number of aliphatic hydroxyl groups is 1. The molecule has 0 aliphatic carbocycles. The maximum absolute atomic E-state index is 15.3. The van der Waals surface area contributed by atoms with Crippen LogP contribution in [-0.2, 0) is 4.79 Å². The summed E-state index contributed by atoms with van der Waals surface area (Å²) in [4.78, 5) is 23.5. The monoisotopic (exact) mass is 545 g/mol. The number of nitrogens with zero attached hydrogens (tertiary/aromatic N) is 6. The van der Waals surface area contributed by atoms with Gasteiger partial charge in [0.05, 0.1) is 38.0 Å². The van der Waals surface area contributed by atoms with E-state index in [4.69, 9.17) is 26.7 Å². The number of hydrogen-bond acceptors (Lipinski definition) is 9. The molecule has 0 radical (unpaired) electrons. The number of carbonyl (C=O) groups excluding carboxylic acids is 1. The van der Waals surface area contributed by atoms with Crippen LogP contribution in [0.15, 0.2) is 68.5 Å². The Kier molecular flexibility index (Phi) is 5.78. The van der Waals surface area contributed by atoms with Crippen molar-refractivity contribution >= 4 is 47.1 Å². The molecule has 38 heavy (non-hydrogen) atoms. The summed E-state index contributed by atoms with van der Waals surface area (Å²) in [7, 11) is 0. The molecule has 0 bridgehead atoms. The highest BCUT2D eigenvalue weighted by molar-refractivity contribution is 6.31. The zero-order valence-corrected chi connectivity index (χ0v) is 20.1. The Labute approximate surface area is 224 Å². The molecular formula is C24H21ClF2N8O3. The lowest BCUT2D eigenvalue weighted by molar-refractivity contribution is -0.128. The summed E-state index contributed by atoms with van der Waals surface area (Å²) in [6.07, 6.45) is 4.72. The minimum Gasteiger partial charge on any atom is -0.390 e. The van der Waals surface area contributed by atoms with E-state index in [0.29, 0.717) is 17.9 Å². The fourth-order valence-electron chi connectivity index (χ4n) is 4.96. The average Bonchev–Trinajstić information content (AvgIpc) is 3.53. The first-order chi connectivity index (χ1) is 19.3. The molecule has 4 heterocycles. The molecule has 196 valence electrons. The predicted octanol–water partition coefficient (Wildman–Crippen LogP) is 4.11. The van der Waals surface area contributed by atoms with Gasteiger partial charge >= 0.3 is 0 Å². The Morgan fingerprint density at radius 2 is 2.18 bits per heavy atom. The second-order valence-electron chi connectivity index (χ2n) is 8.61. The number of rotatable bonds is 5. The van der Waals surface area contributed by atoms with Crippen molar-refractivity contribution in [1.82, 2.24) is 9.96 Å². The van der Waals surface area contributed by atoms with Crippen LogP contribution >= 0.6 is 11.6 Å². The molecule has 5 rings (SSSR count). The summed E-state index contributed by atoms with van der Waals surface area (Å²) in [5.74, 6) is -2.43. The SMILES string of the molecule is [2H]C(=N)N(N=N)c1ccc(Cl)c(F)c1C1=CC(=O)N2[C@H](CC[C@H]2C2=N/C(=C3/C=CN(O)C(C([2H])([2H])O)=C3F)C=N2)C1. The van der Waals surface area contributed by atoms with Gasteiger partial charge in [-0.2, -0.15) is 5.53 Å². The molecule has 4 N–H and O–H groups in total. The molecule has 11 nitrogen and oxygen atoms in total. The Balaban J connectivity index is 1.48. The first-order valence-electron chi connectivity index (χ1n) is 12.7. The number of amides is 1.